The molecule has 3 heteroatoms. The maximum Gasteiger partial charge on any atom is 0.0540 e. The minimum absolute atomic E-state index is 0.284. The molecule has 8 aromatic carbocycles. The Morgan fingerprint density at radius 3 is 1.29 bits per heavy atom. The van der Waals surface area contributed by atoms with Crippen LogP contribution in [0.4, 0.5) is 34.1 Å². The van der Waals surface area contributed by atoms with Crippen LogP contribution in [-0.4, -0.2) is 6.54 Å². The second-order valence-corrected chi connectivity index (χ2v) is 13.7. The van der Waals surface area contributed by atoms with E-state index in [0.29, 0.717) is 6.54 Å². The van der Waals surface area contributed by atoms with Crippen molar-refractivity contribution in [3.05, 3.63) is 193 Å². The van der Waals surface area contributed by atoms with E-state index in [4.69, 9.17) is 5.73 Å². The number of rotatable bonds is 8. The molecule has 0 fully saturated rings. The van der Waals surface area contributed by atoms with Gasteiger partial charge in [0.05, 0.1) is 11.4 Å². The number of benzene rings is 8. The van der Waals surface area contributed by atoms with Gasteiger partial charge in [-0.2, -0.15) is 0 Å². The molecule has 0 saturated heterocycles. The molecule has 8 aromatic rings. The second kappa shape index (κ2) is 12.6. The van der Waals surface area contributed by atoms with Crippen LogP contribution in [0, 0.1) is 0 Å². The highest BCUT2D eigenvalue weighted by molar-refractivity contribution is 6.01. The summed E-state index contributed by atoms with van der Waals surface area (Å²) in [4.78, 5) is 4.80. The Balaban J connectivity index is 1.22. The Morgan fingerprint density at radius 2 is 0.843 bits per heavy atom. The van der Waals surface area contributed by atoms with Gasteiger partial charge in [-0.15, -0.1) is 0 Å². The molecular formula is C48H39N3. The van der Waals surface area contributed by atoms with E-state index in [1.54, 1.807) is 0 Å². The van der Waals surface area contributed by atoms with Gasteiger partial charge in [0.2, 0.25) is 0 Å². The van der Waals surface area contributed by atoms with Crippen LogP contribution in [-0.2, 0) is 5.41 Å². The van der Waals surface area contributed by atoms with Gasteiger partial charge in [0, 0.05) is 38.9 Å². The van der Waals surface area contributed by atoms with Gasteiger partial charge in [0.1, 0.15) is 0 Å². The van der Waals surface area contributed by atoms with Gasteiger partial charge in [-0.05, 0) is 107 Å². The van der Waals surface area contributed by atoms with Gasteiger partial charge in [-0.3, -0.25) is 0 Å². The Morgan fingerprint density at radius 1 is 0.431 bits per heavy atom. The van der Waals surface area contributed by atoms with E-state index >= 15 is 0 Å². The van der Waals surface area contributed by atoms with E-state index in [9.17, 15) is 0 Å². The number of para-hydroxylation sites is 2. The van der Waals surface area contributed by atoms with Gasteiger partial charge in [0.25, 0.3) is 0 Å². The second-order valence-electron chi connectivity index (χ2n) is 13.7. The van der Waals surface area contributed by atoms with Gasteiger partial charge < -0.3 is 15.5 Å². The van der Waals surface area contributed by atoms with Crippen molar-refractivity contribution in [1.82, 2.24) is 0 Å². The summed E-state index contributed by atoms with van der Waals surface area (Å²) in [7, 11) is 0. The minimum atomic E-state index is -0.284. The minimum Gasteiger partial charge on any atom is -0.330 e. The fourth-order valence-electron chi connectivity index (χ4n) is 8.24. The molecule has 3 nitrogen and oxygen atoms in total. The quantitative estimate of drug-likeness (QED) is 0.176. The van der Waals surface area contributed by atoms with Crippen molar-refractivity contribution in [2.45, 2.75) is 18.8 Å². The normalized spacial score (nSPS) is 12.8. The molecule has 0 amide bonds. The molecule has 1 aliphatic rings. The molecule has 2 N–H and O–H groups in total. The van der Waals surface area contributed by atoms with Crippen LogP contribution >= 0.6 is 0 Å². The highest BCUT2D eigenvalue weighted by Gasteiger charge is 2.40. The van der Waals surface area contributed by atoms with Crippen LogP contribution in [0.1, 0.15) is 24.5 Å². The molecule has 0 aliphatic heterocycles. The lowest BCUT2D eigenvalue weighted by molar-refractivity contribution is 0.541. The average molecular weight is 658 g/mol. The van der Waals surface area contributed by atoms with Crippen molar-refractivity contribution < 1.29 is 0 Å². The Bertz CT molecular complexity index is 2340. The molecule has 0 saturated carbocycles. The van der Waals surface area contributed by atoms with Crippen molar-refractivity contribution in [3.63, 3.8) is 0 Å². The predicted molar refractivity (Wildman–Crippen MR) is 216 cm³/mol. The van der Waals surface area contributed by atoms with Crippen molar-refractivity contribution >= 4 is 55.7 Å². The Hall–Kier alpha value is -6.16. The fourth-order valence-corrected chi connectivity index (χ4v) is 8.24. The van der Waals surface area contributed by atoms with Crippen LogP contribution in [0.3, 0.4) is 0 Å². The van der Waals surface area contributed by atoms with Gasteiger partial charge in [-0.25, -0.2) is 0 Å². The third-order valence-electron chi connectivity index (χ3n) is 10.7. The maximum absolute atomic E-state index is 6.47. The van der Waals surface area contributed by atoms with Crippen LogP contribution in [0.2, 0.25) is 0 Å². The smallest absolute Gasteiger partial charge is 0.0540 e. The Labute approximate surface area is 299 Å². The van der Waals surface area contributed by atoms with E-state index in [-0.39, 0.29) is 5.41 Å². The molecule has 0 aromatic heterocycles. The summed E-state index contributed by atoms with van der Waals surface area (Å²) >= 11 is 0. The van der Waals surface area contributed by atoms with Gasteiger partial charge in [0.15, 0.2) is 0 Å². The molecule has 51 heavy (non-hydrogen) atoms. The third-order valence-corrected chi connectivity index (χ3v) is 10.7. The van der Waals surface area contributed by atoms with E-state index in [0.717, 1.165) is 40.5 Å². The number of hydrogen-bond donors (Lipinski definition) is 1. The number of hydrogen-bond acceptors (Lipinski definition) is 3. The van der Waals surface area contributed by atoms with E-state index in [2.05, 4.69) is 199 Å². The monoisotopic (exact) mass is 657 g/mol. The third kappa shape index (κ3) is 5.17. The van der Waals surface area contributed by atoms with Gasteiger partial charge >= 0.3 is 0 Å². The zero-order valence-electron chi connectivity index (χ0n) is 28.7. The SMILES string of the molecule is CC1(CCN)c2cc(N(c3ccccc3)c3cccc4ccccc34)ccc2-c2ccc(N(c3ccccc3)c3cccc4ccccc34)cc21. The van der Waals surface area contributed by atoms with Crippen LogP contribution in [0.5, 0.6) is 0 Å². The van der Waals surface area contributed by atoms with Crippen molar-refractivity contribution in [1.29, 1.82) is 0 Å². The number of fused-ring (bicyclic) bond motifs is 5. The lowest BCUT2D eigenvalue weighted by atomic mass is 9.77. The number of nitrogens with zero attached hydrogens (tertiary/aromatic N) is 2. The molecular weight excluding hydrogens is 619 g/mol. The van der Waals surface area contributed by atoms with Crippen molar-refractivity contribution in [2.75, 3.05) is 16.3 Å². The van der Waals surface area contributed by atoms with Crippen molar-refractivity contribution in [2.24, 2.45) is 5.73 Å². The van der Waals surface area contributed by atoms with Crippen LogP contribution in [0.15, 0.2) is 182 Å². The maximum atomic E-state index is 6.47. The topological polar surface area (TPSA) is 32.5 Å². The highest BCUT2D eigenvalue weighted by atomic mass is 15.1. The van der Waals surface area contributed by atoms with Gasteiger partial charge in [-0.1, -0.05) is 128 Å². The first kappa shape index (κ1) is 30.9. The van der Waals surface area contributed by atoms with Crippen LogP contribution in [0.25, 0.3) is 32.7 Å². The van der Waals surface area contributed by atoms with Crippen LogP contribution < -0.4 is 15.5 Å². The molecule has 0 atom stereocenters. The zero-order valence-corrected chi connectivity index (χ0v) is 28.7. The van der Waals surface area contributed by atoms with E-state index in [1.807, 2.05) is 0 Å². The first-order valence-corrected chi connectivity index (χ1v) is 17.8. The fraction of sp³-hybridized carbons (Fsp3) is 0.0833. The summed E-state index contributed by atoms with van der Waals surface area (Å²) in [6.45, 7) is 2.97. The summed E-state index contributed by atoms with van der Waals surface area (Å²) < 4.78 is 0. The molecule has 9 rings (SSSR count). The summed E-state index contributed by atoms with van der Waals surface area (Å²) in [5.74, 6) is 0. The molecule has 0 radical (unpaired) electrons. The molecule has 0 bridgehead atoms. The van der Waals surface area contributed by atoms with Crippen molar-refractivity contribution in [3.8, 4) is 11.1 Å². The molecule has 0 heterocycles. The molecule has 0 unspecified atom stereocenters. The summed E-state index contributed by atoms with van der Waals surface area (Å²) in [6.07, 6.45) is 0.832. The first-order valence-electron chi connectivity index (χ1n) is 17.8. The lowest BCUT2D eigenvalue weighted by Gasteiger charge is -2.31. The Kier molecular flexibility index (Phi) is 7.64. The first-order chi connectivity index (χ1) is 25.1. The summed E-state index contributed by atoms with van der Waals surface area (Å²) in [5, 5.41) is 4.88. The molecule has 0 spiro atoms. The van der Waals surface area contributed by atoms with E-state index < -0.39 is 0 Å². The van der Waals surface area contributed by atoms with E-state index in [1.165, 1.54) is 43.8 Å². The standard InChI is InChI=1S/C48H39N3/c1-48(30-31-49)44-32-38(50(36-18-4-2-5-19-36)46-24-12-16-34-14-8-10-22-40(34)46)26-28-42(44)43-29-27-39(33-45(43)48)51(37-20-6-3-7-21-37)47-25-13-17-35-15-9-11-23-41(35)47/h2-29,32-33H,30-31,49H2,1H3. The highest BCUT2D eigenvalue weighted by Crippen LogP contribution is 2.54. The molecule has 246 valence electrons. The average Bonchev–Trinajstić information content (AvgIpc) is 3.42. The predicted octanol–water partition coefficient (Wildman–Crippen LogP) is 12.6. The summed E-state index contributed by atoms with van der Waals surface area (Å²) in [5.41, 5.74) is 18.2. The number of anilines is 6. The lowest BCUT2D eigenvalue weighted by Crippen LogP contribution is -2.25. The zero-order chi connectivity index (χ0) is 34.4. The summed E-state index contributed by atoms with van der Waals surface area (Å²) in [6, 6.07) is 65.9. The number of nitrogens with two attached hydrogens (primary N) is 1. The largest absolute Gasteiger partial charge is 0.330 e. The molecule has 1 aliphatic carbocycles.